The van der Waals surface area contributed by atoms with E-state index in [2.05, 4.69) is 25.2 Å². The van der Waals surface area contributed by atoms with Gasteiger partial charge < -0.3 is 10.2 Å². The molecule has 106 valence electrons. The fraction of sp³-hybridized carbons (Fsp3) is 0.500. The Labute approximate surface area is 120 Å². The maximum absolute atomic E-state index is 12.3. The largest absolute Gasteiger partial charge is 0.376 e. The number of nitrogens with one attached hydrogen (secondary N) is 1. The van der Waals surface area contributed by atoms with E-state index in [1.807, 2.05) is 17.0 Å². The van der Waals surface area contributed by atoms with Gasteiger partial charge in [0.15, 0.2) is 0 Å². The van der Waals surface area contributed by atoms with E-state index in [1.165, 1.54) is 6.42 Å². The highest BCUT2D eigenvalue weighted by Gasteiger charge is 2.28. The summed E-state index contributed by atoms with van der Waals surface area (Å²) >= 11 is 0. The zero-order valence-corrected chi connectivity index (χ0v) is 12.1. The first kappa shape index (κ1) is 14.4. The van der Waals surface area contributed by atoms with Gasteiger partial charge in [-0.05, 0) is 51.3 Å². The zero-order chi connectivity index (χ0) is 14.5. The summed E-state index contributed by atoms with van der Waals surface area (Å²) in [6.45, 7) is 4.51. The number of anilines is 1. The van der Waals surface area contributed by atoms with Crippen LogP contribution in [0.15, 0.2) is 24.3 Å². The molecule has 0 bridgehead atoms. The summed E-state index contributed by atoms with van der Waals surface area (Å²) in [5.74, 6) is 0.132. The molecular weight excluding hydrogens is 250 g/mol. The van der Waals surface area contributed by atoms with E-state index in [4.69, 9.17) is 5.26 Å². The van der Waals surface area contributed by atoms with Crippen molar-refractivity contribution in [1.82, 2.24) is 4.90 Å². The number of hydrogen-bond donors (Lipinski definition) is 1. The predicted octanol–water partition coefficient (Wildman–Crippen LogP) is 2.76. The van der Waals surface area contributed by atoms with Gasteiger partial charge in [-0.1, -0.05) is 6.07 Å². The van der Waals surface area contributed by atoms with E-state index >= 15 is 0 Å². The smallest absolute Gasteiger partial charge is 0.242 e. The molecule has 1 aromatic rings. The van der Waals surface area contributed by atoms with Gasteiger partial charge in [-0.15, -0.1) is 0 Å². The second-order valence-corrected chi connectivity index (χ2v) is 5.48. The monoisotopic (exact) mass is 271 g/mol. The van der Waals surface area contributed by atoms with Crippen LogP contribution in [-0.4, -0.2) is 29.4 Å². The van der Waals surface area contributed by atoms with E-state index < -0.39 is 0 Å². The van der Waals surface area contributed by atoms with Crippen LogP contribution < -0.4 is 5.32 Å². The number of nitriles is 1. The van der Waals surface area contributed by atoms with Crippen LogP contribution in [0.4, 0.5) is 5.69 Å². The average Bonchev–Trinajstić information content (AvgIpc) is 2.45. The minimum Gasteiger partial charge on any atom is -0.376 e. The van der Waals surface area contributed by atoms with Crippen molar-refractivity contribution in [3.63, 3.8) is 0 Å². The highest BCUT2D eigenvalue weighted by Crippen LogP contribution is 2.22. The van der Waals surface area contributed by atoms with Gasteiger partial charge >= 0.3 is 0 Å². The first-order valence-electron chi connectivity index (χ1n) is 7.17. The van der Waals surface area contributed by atoms with Gasteiger partial charge in [-0.2, -0.15) is 5.26 Å². The van der Waals surface area contributed by atoms with Crippen LogP contribution in [0.3, 0.4) is 0 Å². The van der Waals surface area contributed by atoms with Crippen molar-refractivity contribution in [2.24, 2.45) is 0 Å². The molecule has 1 N–H and O–H groups in total. The van der Waals surface area contributed by atoms with Crippen molar-refractivity contribution < 1.29 is 4.79 Å². The molecule has 1 amide bonds. The molecule has 1 aliphatic rings. The quantitative estimate of drug-likeness (QED) is 0.919. The van der Waals surface area contributed by atoms with Crippen LogP contribution in [-0.2, 0) is 4.79 Å². The van der Waals surface area contributed by atoms with Gasteiger partial charge in [0, 0.05) is 17.8 Å². The van der Waals surface area contributed by atoms with Crippen molar-refractivity contribution >= 4 is 11.6 Å². The molecule has 4 heteroatoms. The minimum atomic E-state index is 0.132. The number of benzene rings is 1. The Bertz CT molecular complexity index is 511. The Morgan fingerprint density at radius 3 is 2.75 bits per heavy atom. The summed E-state index contributed by atoms with van der Waals surface area (Å²) in [7, 11) is 0. The minimum absolute atomic E-state index is 0.132. The first-order chi connectivity index (χ1) is 9.61. The van der Waals surface area contributed by atoms with Crippen LogP contribution in [0, 0.1) is 11.3 Å². The molecule has 1 aromatic carbocycles. The van der Waals surface area contributed by atoms with Crippen molar-refractivity contribution in [3.8, 4) is 6.07 Å². The molecule has 0 unspecified atom stereocenters. The fourth-order valence-corrected chi connectivity index (χ4v) is 2.88. The molecule has 0 aliphatic carbocycles. The van der Waals surface area contributed by atoms with E-state index in [9.17, 15) is 4.79 Å². The molecule has 0 radical (unpaired) electrons. The van der Waals surface area contributed by atoms with Crippen molar-refractivity contribution in [1.29, 1.82) is 5.26 Å². The highest BCUT2D eigenvalue weighted by molar-refractivity contribution is 5.81. The lowest BCUT2D eigenvalue weighted by molar-refractivity contribution is -0.135. The fourth-order valence-electron chi connectivity index (χ4n) is 2.88. The van der Waals surface area contributed by atoms with Crippen molar-refractivity contribution in [3.05, 3.63) is 29.8 Å². The Kier molecular flexibility index (Phi) is 4.62. The second-order valence-electron chi connectivity index (χ2n) is 5.48. The van der Waals surface area contributed by atoms with Gasteiger partial charge in [-0.3, -0.25) is 4.79 Å². The lowest BCUT2D eigenvalue weighted by Crippen LogP contribution is -2.49. The number of likely N-dealkylation sites (tertiary alicyclic amines) is 1. The Morgan fingerprint density at radius 2 is 2.10 bits per heavy atom. The molecule has 0 spiro atoms. The van der Waals surface area contributed by atoms with Crippen LogP contribution in [0.5, 0.6) is 0 Å². The number of amides is 1. The first-order valence-corrected chi connectivity index (χ1v) is 7.17. The normalized spacial score (nSPS) is 22.1. The summed E-state index contributed by atoms with van der Waals surface area (Å²) in [6, 6.07) is 9.93. The molecule has 1 saturated heterocycles. The van der Waals surface area contributed by atoms with Gasteiger partial charge in [0.25, 0.3) is 0 Å². The summed E-state index contributed by atoms with van der Waals surface area (Å²) in [5.41, 5.74) is 1.41. The Hall–Kier alpha value is -2.02. The lowest BCUT2D eigenvalue weighted by Gasteiger charge is -2.39. The third-order valence-corrected chi connectivity index (χ3v) is 3.92. The SMILES string of the molecule is C[C@@H]1CCC[C@@H](C)N1C(=O)CNc1cccc(C#N)c1. The lowest BCUT2D eigenvalue weighted by atomic mass is 9.97. The molecule has 1 aliphatic heterocycles. The van der Waals surface area contributed by atoms with Crippen LogP contribution in [0.2, 0.25) is 0 Å². The molecular formula is C16H21N3O. The molecule has 2 rings (SSSR count). The number of hydrogen-bond acceptors (Lipinski definition) is 3. The van der Waals surface area contributed by atoms with Crippen LogP contribution >= 0.6 is 0 Å². The van der Waals surface area contributed by atoms with Crippen molar-refractivity contribution in [2.45, 2.75) is 45.2 Å². The van der Waals surface area contributed by atoms with E-state index in [1.54, 1.807) is 12.1 Å². The number of piperidine rings is 1. The van der Waals surface area contributed by atoms with Crippen LogP contribution in [0.25, 0.3) is 0 Å². The summed E-state index contributed by atoms with van der Waals surface area (Å²) in [5, 5.41) is 12.0. The average molecular weight is 271 g/mol. The molecule has 0 saturated carbocycles. The number of carbonyl (C=O) groups excluding carboxylic acids is 1. The van der Waals surface area contributed by atoms with Crippen molar-refractivity contribution in [2.75, 3.05) is 11.9 Å². The maximum Gasteiger partial charge on any atom is 0.242 e. The van der Waals surface area contributed by atoms with E-state index in [0.717, 1.165) is 18.5 Å². The van der Waals surface area contributed by atoms with Gasteiger partial charge in [0.2, 0.25) is 5.91 Å². The van der Waals surface area contributed by atoms with Gasteiger partial charge in [0.05, 0.1) is 18.2 Å². The summed E-state index contributed by atoms with van der Waals surface area (Å²) in [4.78, 5) is 14.3. The highest BCUT2D eigenvalue weighted by atomic mass is 16.2. The summed E-state index contributed by atoms with van der Waals surface area (Å²) in [6.07, 6.45) is 3.36. The van der Waals surface area contributed by atoms with Gasteiger partial charge in [0.1, 0.15) is 0 Å². The molecule has 0 aromatic heterocycles. The van der Waals surface area contributed by atoms with E-state index in [-0.39, 0.29) is 12.5 Å². The summed E-state index contributed by atoms with van der Waals surface area (Å²) < 4.78 is 0. The second kappa shape index (κ2) is 6.42. The standard InChI is InChI=1S/C16H21N3O/c1-12-5-3-6-13(2)19(12)16(20)11-18-15-8-4-7-14(9-15)10-17/h4,7-9,12-13,18H,3,5-6,11H2,1-2H3/t12-,13-/m1/s1. The predicted molar refractivity (Wildman–Crippen MR) is 79.3 cm³/mol. The van der Waals surface area contributed by atoms with Gasteiger partial charge in [-0.25, -0.2) is 0 Å². The molecule has 1 heterocycles. The molecule has 4 nitrogen and oxygen atoms in total. The Balaban J connectivity index is 1.96. The molecule has 1 fully saturated rings. The van der Waals surface area contributed by atoms with Crippen LogP contribution in [0.1, 0.15) is 38.7 Å². The number of rotatable bonds is 3. The third kappa shape index (κ3) is 3.30. The third-order valence-electron chi connectivity index (χ3n) is 3.92. The molecule has 2 atom stereocenters. The Morgan fingerprint density at radius 1 is 1.40 bits per heavy atom. The maximum atomic E-state index is 12.3. The number of nitrogens with zero attached hydrogens (tertiary/aromatic N) is 2. The number of carbonyl (C=O) groups is 1. The zero-order valence-electron chi connectivity index (χ0n) is 12.1. The van der Waals surface area contributed by atoms with E-state index in [0.29, 0.717) is 17.6 Å². The molecule has 20 heavy (non-hydrogen) atoms. The topological polar surface area (TPSA) is 56.1 Å².